The van der Waals surface area contributed by atoms with Crippen molar-refractivity contribution in [3.63, 3.8) is 0 Å². The lowest BCUT2D eigenvalue weighted by molar-refractivity contribution is 0.427. The van der Waals surface area contributed by atoms with E-state index in [4.69, 9.17) is 5.73 Å². The van der Waals surface area contributed by atoms with Gasteiger partial charge in [-0.2, -0.15) is 0 Å². The standard InChI is InChI=1S/C12H17NO2/c13-12(8-3-1-2-4-8)9-5-10(14)7-11(15)6-9/h5-8,12,14-15H,1-4,13H2/t12-/m1/s1. The van der Waals surface area contributed by atoms with Crippen LogP contribution in [0.4, 0.5) is 0 Å². The molecule has 82 valence electrons. The quantitative estimate of drug-likeness (QED) is 0.697. The number of benzene rings is 1. The molecule has 15 heavy (non-hydrogen) atoms. The highest BCUT2D eigenvalue weighted by atomic mass is 16.3. The number of aromatic hydroxyl groups is 2. The molecule has 1 aromatic rings. The SMILES string of the molecule is N[C@@H](c1cc(O)cc(O)c1)C1CCCC1. The van der Waals surface area contributed by atoms with Gasteiger partial charge in [-0.05, 0) is 36.5 Å². The lowest BCUT2D eigenvalue weighted by atomic mass is 9.92. The fourth-order valence-electron chi connectivity index (χ4n) is 2.40. The van der Waals surface area contributed by atoms with Gasteiger partial charge in [-0.25, -0.2) is 0 Å². The van der Waals surface area contributed by atoms with Gasteiger partial charge in [0.1, 0.15) is 11.5 Å². The Kier molecular flexibility index (Phi) is 2.82. The van der Waals surface area contributed by atoms with Crippen molar-refractivity contribution < 1.29 is 10.2 Å². The molecule has 0 spiro atoms. The van der Waals surface area contributed by atoms with E-state index >= 15 is 0 Å². The maximum Gasteiger partial charge on any atom is 0.119 e. The van der Waals surface area contributed by atoms with E-state index in [-0.39, 0.29) is 17.5 Å². The fraction of sp³-hybridized carbons (Fsp3) is 0.500. The van der Waals surface area contributed by atoms with Crippen molar-refractivity contribution in [3.05, 3.63) is 23.8 Å². The number of phenols is 2. The first-order valence-corrected chi connectivity index (χ1v) is 5.45. The zero-order chi connectivity index (χ0) is 10.8. The summed E-state index contributed by atoms with van der Waals surface area (Å²) in [6.07, 6.45) is 4.78. The van der Waals surface area contributed by atoms with Gasteiger partial charge < -0.3 is 15.9 Å². The Morgan fingerprint density at radius 1 is 1.07 bits per heavy atom. The molecule has 1 aliphatic carbocycles. The van der Waals surface area contributed by atoms with Crippen LogP contribution in [0.5, 0.6) is 11.5 Å². The highest BCUT2D eigenvalue weighted by Gasteiger charge is 2.23. The van der Waals surface area contributed by atoms with Crippen LogP contribution in [0.25, 0.3) is 0 Å². The van der Waals surface area contributed by atoms with Gasteiger partial charge in [0.2, 0.25) is 0 Å². The second kappa shape index (κ2) is 4.11. The van der Waals surface area contributed by atoms with E-state index in [0.29, 0.717) is 5.92 Å². The molecule has 0 unspecified atom stereocenters. The molecular formula is C12H17NO2. The maximum absolute atomic E-state index is 9.37. The van der Waals surface area contributed by atoms with Crippen molar-refractivity contribution in [2.24, 2.45) is 11.7 Å². The molecule has 3 heteroatoms. The van der Waals surface area contributed by atoms with Crippen LogP contribution in [0.2, 0.25) is 0 Å². The van der Waals surface area contributed by atoms with Gasteiger partial charge in [-0.3, -0.25) is 0 Å². The Balaban J connectivity index is 2.20. The van der Waals surface area contributed by atoms with Crippen LogP contribution in [0.3, 0.4) is 0 Å². The van der Waals surface area contributed by atoms with Gasteiger partial charge in [0.25, 0.3) is 0 Å². The first kappa shape index (κ1) is 10.3. The largest absolute Gasteiger partial charge is 0.508 e. The Morgan fingerprint density at radius 2 is 1.60 bits per heavy atom. The number of hydrogen-bond acceptors (Lipinski definition) is 3. The van der Waals surface area contributed by atoms with Crippen LogP contribution in [0.1, 0.15) is 37.3 Å². The predicted octanol–water partition coefficient (Wildman–Crippen LogP) is 2.29. The Morgan fingerprint density at radius 3 is 2.13 bits per heavy atom. The van der Waals surface area contributed by atoms with Crippen molar-refractivity contribution in [2.45, 2.75) is 31.7 Å². The average molecular weight is 207 g/mol. The molecule has 2 rings (SSSR count). The Hall–Kier alpha value is -1.22. The van der Waals surface area contributed by atoms with Crippen LogP contribution in [0.15, 0.2) is 18.2 Å². The number of rotatable bonds is 2. The maximum atomic E-state index is 9.37. The van der Waals surface area contributed by atoms with Crippen LogP contribution in [-0.2, 0) is 0 Å². The summed E-state index contributed by atoms with van der Waals surface area (Å²) in [5, 5.41) is 18.7. The first-order valence-electron chi connectivity index (χ1n) is 5.45. The van der Waals surface area contributed by atoms with Gasteiger partial charge in [-0.15, -0.1) is 0 Å². The molecule has 0 heterocycles. The van der Waals surface area contributed by atoms with Gasteiger partial charge in [0.05, 0.1) is 0 Å². The molecule has 0 amide bonds. The van der Waals surface area contributed by atoms with E-state index in [1.54, 1.807) is 12.1 Å². The van der Waals surface area contributed by atoms with Gasteiger partial charge in [-0.1, -0.05) is 12.8 Å². The topological polar surface area (TPSA) is 66.5 Å². The second-order valence-corrected chi connectivity index (χ2v) is 4.35. The Bertz CT molecular complexity index is 325. The summed E-state index contributed by atoms with van der Waals surface area (Å²) < 4.78 is 0. The van der Waals surface area contributed by atoms with Crippen molar-refractivity contribution in [1.82, 2.24) is 0 Å². The summed E-state index contributed by atoms with van der Waals surface area (Å²) in [4.78, 5) is 0. The van der Waals surface area contributed by atoms with Crippen LogP contribution in [-0.4, -0.2) is 10.2 Å². The average Bonchev–Trinajstić information content (AvgIpc) is 2.67. The third kappa shape index (κ3) is 2.23. The molecule has 4 N–H and O–H groups in total. The third-order valence-electron chi connectivity index (χ3n) is 3.22. The molecule has 1 atom stereocenters. The van der Waals surface area contributed by atoms with E-state index in [1.807, 2.05) is 0 Å². The summed E-state index contributed by atoms with van der Waals surface area (Å²) in [5.74, 6) is 0.656. The normalized spacial score (nSPS) is 19.3. The molecule has 0 bridgehead atoms. The van der Waals surface area contributed by atoms with E-state index in [0.717, 1.165) is 18.4 Å². The molecule has 3 nitrogen and oxygen atoms in total. The summed E-state index contributed by atoms with van der Waals surface area (Å²) in [7, 11) is 0. The van der Waals surface area contributed by atoms with Crippen LogP contribution >= 0.6 is 0 Å². The summed E-state index contributed by atoms with van der Waals surface area (Å²) in [6, 6.07) is 4.54. The highest BCUT2D eigenvalue weighted by Crippen LogP contribution is 2.36. The summed E-state index contributed by atoms with van der Waals surface area (Å²) >= 11 is 0. The number of hydrogen-bond donors (Lipinski definition) is 3. The van der Waals surface area contributed by atoms with E-state index in [2.05, 4.69) is 0 Å². The lowest BCUT2D eigenvalue weighted by Gasteiger charge is -2.19. The molecule has 1 saturated carbocycles. The lowest BCUT2D eigenvalue weighted by Crippen LogP contribution is -2.18. The Labute approximate surface area is 89.5 Å². The van der Waals surface area contributed by atoms with Crippen LogP contribution in [0, 0.1) is 5.92 Å². The van der Waals surface area contributed by atoms with Crippen molar-refractivity contribution in [3.8, 4) is 11.5 Å². The van der Waals surface area contributed by atoms with Gasteiger partial charge >= 0.3 is 0 Å². The van der Waals surface area contributed by atoms with E-state index < -0.39 is 0 Å². The van der Waals surface area contributed by atoms with Crippen molar-refractivity contribution in [2.75, 3.05) is 0 Å². The molecule has 1 fully saturated rings. The molecule has 0 aliphatic heterocycles. The predicted molar refractivity (Wildman–Crippen MR) is 58.7 cm³/mol. The van der Waals surface area contributed by atoms with Crippen molar-refractivity contribution in [1.29, 1.82) is 0 Å². The van der Waals surface area contributed by atoms with Gasteiger partial charge in [0.15, 0.2) is 0 Å². The summed E-state index contributed by atoms with van der Waals surface area (Å²) in [5.41, 5.74) is 6.95. The minimum Gasteiger partial charge on any atom is -0.508 e. The summed E-state index contributed by atoms with van der Waals surface area (Å²) in [6.45, 7) is 0. The zero-order valence-electron chi connectivity index (χ0n) is 8.69. The first-order chi connectivity index (χ1) is 7.16. The van der Waals surface area contributed by atoms with Crippen LogP contribution < -0.4 is 5.73 Å². The monoisotopic (exact) mass is 207 g/mol. The minimum atomic E-state index is -0.0644. The molecule has 0 saturated heterocycles. The molecule has 1 aliphatic rings. The third-order valence-corrected chi connectivity index (χ3v) is 3.22. The fourth-order valence-corrected chi connectivity index (χ4v) is 2.40. The zero-order valence-corrected chi connectivity index (χ0v) is 8.69. The number of phenolic OH excluding ortho intramolecular Hbond substituents is 2. The smallest absolute Gasteiger partial charge is 0.119 e. The molecular weight excluding hydrogens is 190 g/mol. The second-order valence-electron chi connectivity index (χ2n) is 4.35. The molecule has 1 aromatic carbocycles. The number of nitrogens with two attached hydrogens (primary N) is 1. The van der Waals surface area contributed by atoms with Crippen molar-refractivity contribution >= 4 is 0 Å². The van der Waals surface area contributed by atoms with Gasteiger partial charge in [0, 0.05) is 12.1 Å². The molecule has 0 aromatic heterocycles. The van der Waals surface area contributed by atoms with E-state index in [1.165, 1.54) is 18.9 Å². The molecule has 0 radical (unpaired) electrons. The highest BCUT2D eigenvalue weighted by molar-refractivity contribution is 5.38. The van der Waals surface area contributed by atoms with E-state index in [9.17, 15) is 10.2 Å². The minimum absolute atomic E-state index is 0.0644.